The Bertz CT molecular complexity index is 30.0. The molecular weight excluding hydrogens is 123 g/mol. The van der Waals surface area contributed by atoms with Gasteiger partial charge in [0.25, 0.3) is 0 Å². The first-order chi connectivity index (χ1) is 2.41. The third-order valence-electron chi connectivity index (χ3n) is 0.192. The quantitative estimate of drug-likeness (QED) is 0.253. The molecule has 0 radical (unpaired) electrons. The molecule has 0 unspecified atom stereocenters. The molecule has 32 valence electrons. The Labute approximate surface area is 69.9 Å². The molecule has 0 rings (SSSR count). The second-order valence-electron chi connectivity index (χ2n) is 0.584. The molecule has 0 amide bonds. The average molecular weight is 130 g/mol. The van der Waals surface area contributed by atoms with Crippen molar-refractivity contribution < 1.29 is 0 Å². The standard InChI is InChI=1S/C3H6S2.Na.H/c1-2-3-5-4;;/h2,4H,1,3H2;;. The predicted octanol–water partition coefficient (Wildman–Crippen LogP) is 1.10. The van der Waals surface area contributed by atoms with Gasteiger partial charge in [0.15, 0.2) is 0 Å². The Morgan fingerprint density at radius 1 is 1.83 bits per heavy atom. The predicted molar refractivity (Wildman–Crippen MR) is 38.8 cm³/mol. The molecule has 0 bridgehead atoms. The molecule has 0 saturated heterocycles. The van der Waals surface area contributed by atoms with Crippen LogP contribution in [0.1, 0.15) is 0 Å². The molecule has 0 aliphatic rings. The van der Waals surface area contributed by atoms with Gasteiger partial charge in [-0.05, 0) is 0 Å². The van der Waals surface area contributed by atoms with E-state index < -0.39 is 0 Å². The monoisotopic (exact) mass is 130 g/mol. The van der Waals surface area contributed by atoms with Crippen LogP contribution in [-0.4, -0.2) is 35.3 Å². The van der Waals surface area contributed by atoms with Gasteiger partial charge < -0.3 is 0 Å². The van der Waals surface area contributed by atoms with Gasteiger partial charge in [-0.1, -0.05) is 16.9 Å². The summed E-state index contributed by atoms with van der Waals surface area (Å²) in [4.78, 5) is 0. The van der Waals surface area contributed by atoms with Crippen molar-refractivity contribution in [3.05, 3.63) is 12.7 Å². The molecule has 0 atom stereocenters. The Hall–Kier alpha value is 1.44. The van der Waals surface area contributed by atoms with E-state index in [-0.39, 0.29) is 29.6 Å². The van der Waals surface area contributed by atoms with Crippen LogP contribution in [0.15, 0.2) is 12.7 Å². The van der Waals surface area contributed by atoms with Crippen LogP contribution in [0.2, 0.25) is 0 Å². The maximum atomic E-state index is 3.85. The van der Waals surface area contributed by atoms with Crippen molar-refractivity contribution >= 4 is 52.0 Å². The van der Waals surface area contributed by atoms with E-state index in [9.17, 15) is 0 Å². The molecule has 0 aliphatic carbocycles. The minimum atomic E-state index is 0. The first-order valence-electron chi connectivity index (χ1n) is 1.29. The molecule has 0 N–H and O–H groups in total. The summed E-state index contributed by atoms with van der Waals surface area (Å²) in [6.45, 7) is 3.48. The zero-order valence-electron chi connectivity index (χ0n) is 2.85. The number of rotatable bonds is 2. The molecule has 0 fully saturated rings. The van der Waals surface area contributed by atoms with Crippen molar-refractivity contribution in [3.63, 3.8) is 0 Å². The van der Waals surface area contributed by atoms with Gasteiger partial charge in [0.05, 0.1) is 0 Å². The third kappa shape index (κ3) is 9.06. The van der Waals surface area contributed by atoms with Gasteiger partial charge >= 0.3 is 29.6 Å². The Morgan fingerprint density at radius 2 is 2.33 bits per heavy atom. The Kier molecular flexibility index (Phi) is 16.8. The second kappa shape index (κ2) is 9.67. The van der Waals surface area contributed by atoms with E-state index in [1.807, 2.05) is 6.08 Å². The first-order valence-corrected chi connectivity index (χ1v) is 3.33. The summed E-state index contributed by atoms with van der Waals surface area (Å²) in [6, 6.07) is 0. The summed E-state index contributed by atoms with van der Waals surface area (Å²) in [7, 11) is 1.48. The van der Waals surface area contributed by atoms with Crippen molar-refractivity contribution in [3.8, 4) is 0 Å². The van der Waals surface area contributed by atoms with Gasteiger partial charge in [-0.3, -0.25) is 0 Å². The maximum absolute atomic E-state index is 3.85. The molecule has 0 aromatic heterocycles. The SMILES string of the molecule is C=CCSS.[NaH]. The van der Waals surface area contributed by atoms with Crippen molar-refractivity contribution in [2.24, 2.45) is 0 Å². The van der Waals surface area contributed by atoms with Gasteiger partial charge in [-0.2, -0.15) is 0 Å². The molecule has 6 heavy (non-hydrogen) atoms. The minimum absolute atomic E-state index is 0. The molecule has 3 heteroatoms. The van der Waals surface area contributed by atoms with Crippen molar-refractivity contribution in [2.45, 2.75) is 0 Å². The van der Waals surface area contributed by atoms with Crippen LogP contribution >= 0.6 is 22.5 Å². The third-order valence-corrected chi connectivity index (χ3v) is 1.02. The van der Waals surface area contributed by atoms with Crippen molar-refractivity contribution in [1.82, 2.24) is 0 Å². The molecule has 0 heterocycles. The van der Waals surface area contributed by atoms with Crippen molar-refractivity contribution in [2.75, 3.05) is 5.75 Å². The van der Waals surface area contributed by atoms with Gasteiger partial charge in [-0.25, -0.2) is 0 Å². The number of hydrogen-bond donors (Lipinski definition) is 1. The molecule has 0 saturated carbocycles. The van der Waals surface area contributed by atoms with Crippen LogP contribution in [-0.2, 0) is 0 Å². The van der Waals surface area contributed by atoms with Gasteiger partial charge in [-0.15, -0.1) is 18.2 Å². The second-order valence-corrected chi connectivity index (χ2v) is 1.95. The number of thiol groups is 1. The van der Waals surface area contributed by atoms with Crippen LogP contribution in [0, 0.1) is 0 Å². The van der Waals surface area contributed by atoms with Crippen molar-refractivity contribution in [1.29, 1.82) is 0 Å². The molecule has 0 nitrogen and oxygen atoms in total. The van der Waals surface area contributed by atoms with E-state index in [0.29, 0.717) is 0 Å². The molecule has 0 aromatic carbocycles. The number of hydrogen-bond acceptors (Lipinski definition) is 2. The van der Waals surface area contributed by atoms with Crippen LogP contribution in [0.25, 0.3) is 0 Å². The van der Waals surface area contributed by atoms with Crippen LogP contribution in [0.4, 0.5) is 0 Å². The van der Waals surface area contributed by atoms with Crippen LogP contribution < -0.4 is 0 Å². The Morgan fingerprint density at radius 3 is 2.33 bits per heavy atom. The fourth-order valence-corrected chi connectivity index (χ4v) is 0.474. The van der Waals surface area contributed by atoms with Gasteiger partial charge in [0.1, 0.15) is 0 Å². The van der Waals surface area contributed by atoms with Crippen LogP contribution in [0.3, 0.4) is 0 Å². The molecular formula is C3H7NaS2. The summed E-state index contributed by atoms with van der Waals surface area (Å²) in [6.07, 6.45) is 1.82. The average Bonchev–Trinajstić information content (AvgIpc) is 1.41. The van der Waals surface area contributed by atoms with E-state index >= 15 is 0 Å². The molecule has 0 spiro atoms. The van der Waals surface area contributed by atoms with E-state index in [1.54, 1.807) is 0 Å². The summed E-state index contributed by atoms with van der Waals surface area (Å²) >= 11 is 3.85. The van der Waals surface area contributed by atoms with Gasteiger partial charge in [0, 0.05) is 5.75 Å². The normalized spacial score (nSPS) is 6.17. The fourth-order valence-electron chi connectivity index (χ4n) is 0.0527. The van der Waals surface area contributed by atoms with E-state index in [0.717, 1.165) is 5.75 Å². The van der Waals surface area contributed by atoms with Gasteiger partial charge in [0.2, 0.25) is 0 Å². The topological polar surface area (TPSA) is 0 Å². The summed E-state index contributed by atoms with van der Waals surface area (Å²) < 4.78 is 0. The fraction of sp³-hybridized carbons (Fsp3) is 0.333. The first kappa shape index (κ1) is 10.4. The molecule has 0 aromatic rings. The van der Waals surface area contributed by atoms with E-state index in [2.05, 4.69) is 18.2 Å². The summed E-state index contributed by atoms with van der Waals surface area (Å²) in [5.41, 5.74) is 0. The Balaban J connectivity index is 0. The summed E-state index contributed by atoms with van der Waals surface area (Å²) in [5, 5.41) is 0. The zero-order chi connectivity index (χ0) is 4.12. The zero-order valence-corrected chi connectivity index (χ0v) is 4.56. The van der Waals surface area contributed by atoms with E-state index in [4.69, 9.17) is 0 Å². The summed E-state index contributed by atoms with van der Waals surface area (Å²) in [5.74, 6) is 0.934. The van der Waals surface area contributed by atoms with E-state index in [1.165, 1.54) is 10.8 Å². The molecule has 0 aliphatic heterocycles. The van der Waals surface area contributed by atoms with Crippen LogP contribution in [0.5, 0.6) is 0 Å².